The number of morpholine rings is 1. The summed E-state index contributed by atoms with van der Waals surface area (Å²) < 4.78 is 37.4. The normalized spacial score (nSPS) is 16.7. The lowest BCUT2D eigenvalue weighted by Gasteiger charge is -2.26. The number of sulfonamides is 1. The van der Waals surface area contributed by atoms with Crippen LogP contribution in [0.15, 0.2) is 29.3 Å². The maximum Gasteiger partial charge on any atom is 0.218 e. The summed E-state index contributed by atoms with van der Waals surface area (Å²) in [6.07, 6.45) is 0. The lowest BCUT2D eigenvalue weighted by atomic mass is 10.1. The van der Waals surface area contributed by atoms with Gasteiger partial charge in [0.15, 0.2) is 5.96 Å². The summed E-state index contributed by atoms with van der Waals surface area (Å²) in [5.41, 5.74) is 1.68. The Morgan fingerprint density at radius 2 is 1.93 bits per heavy atom. The van der Waals surface area contributed by atoms with Crippen LogP contribution in [0, 0.1) is 0 Å². The second-order valence-corrected chi connectivity index (χ2v) is 8.70. The first-order valence-electron chi connectivity index (χ1n) is 9.62. The smallest absolute Gasteiger partial charge is 0.218 e. The van der Waals surface area contributed by atoms with Crippen LogP contribution < -0.4 is 10.6 Å². The fraction of sp³-hybridized carbons (Fsp3) is 0.632. The summed E-state index contributed by atoms with van der Waals surface area (Å²) >= 11 is 0. The molecule has 1 aromatic carbocycles. The molecule has 0 saturated carbocycles. The molecule has 0 amide bonds. The van der Waals surface area contributed by atoms with E-state index in [9.17, 15) is 8.42 Å². The first kappa shape index (κ1) is 26.1. The average Bonchev–Trinajstić information content (AvgIpc) is 2.68. The van der Waals surface area contributed by atoms with E-state index >= 15 is 0 Å². The molecule has 10 heteroatoms. The monoisotopic (exact) mass is 540 g/mol. The summed E-state index contributed by atoms with van der Waals surface area (Å²) in [6, 6.07) is 7.66. The van der Waals surface area contributed by atoms with Gasteiger partial charge in [0, 0.05) is 32.8 Å². The first-order valence-corrected chi connectivity index (χ1v) is 11.2. The van der Waals surface area contributed by atoms with E-state index in [0.29, 0.717) is 45.4 Å². The van der Waals surface area contributed by atoms with Crippen molar-refractivity contribution in [3.63, 3.8) is 0 Å². The number of hydrogen-bond acceptors (Lipinski definition) is 5. The SMILES string of the molecule is CCNC(=NCc1ccccc1CS(=O)(=O)N1CCOCC1)NC(C)COC.I. The van der Waals surface area contributed by atoms with Crippen LogP contribution in [-0.4, -0.2) is 71.3 Å². The molecule has 1 saturated heterocycles. The highest BCUT2D eigenvalue weighted by molar-refractivity contribution is 14.0. The fourth-order valence-electron chi connectivity index (χ4n) is 2.97. The highest BCUT2D eigenvalue weighted by Gasteiger charge is 2.25. The van der Waals surface area contributed by atoms with Crippen molar-refractivity contribution in [3.05, 3.63) is 35.4 Å². The summed E-state index contributed by atoms with van der Waals surface area (Å²) in [5.74, 6) is 0.654. The molecule has 1 heterocycles. The Hall–Kier alpha value is -0.950. The van der Waals surface area contributed by atoms with E-state index in [1.165, 1.54) is 4.31 Å². The van der Waals surface area contributed by atoms with Crippen LogP contribution in [0.3, 0.4) is 0 Å². The molecule has 1 fully saturated rings. The predicted molar refractivity (Wildman–Crippen MR) is 126 cm³/mol. The minimum atomic E-state index is -3.38. The summed E-state index contributed by atoms with van der Waals surface area (Å²) in [7, 11) is -1.72. The van der Waals surface area contributed by atoms with Gasteiger partial charge < -0.3 is 20.1 Å². The molecule has 1 aliphatic rings. The Kier molecular flexibility index (Phi) is 12.0. The number of rotatable bonds is 9. The van der Waals surface area contributed by atoms with Gasteiger partial charge in [-0.15, -0.1) is 24.0 Å². The van der Waals surface area contributed by atoms with Gasteiger partial charge in [-0.25, -0.2) is 13.4 Å². The topological polar surface area (TPSA) is 92.3 Å². The van der Waals surface area contributed by atoms with Crippen molar-refractivity contribution in [2.75, 3.05) is 46.6 Å². The maximum absolute atomic E-state index is 12.8. The zero-order valence-electron chi connectivity index (χ0n) is 17.4. The molecule has 0 bridgehead atoms. The molecule has 0 radical (unpaired) electrons. The van der Waals surface area contributed by atoms with Gasteiger partial charge in [0.05, 0.1) is 32.1 Å². The number of aliphatic imine (C=N–C) groups is 1. The van der Waals surface area contributed by atoms with Crippen molar-refractivity contribution in [2.45, 2.75) is 32.2 Å². The van der Waals surface area contributed by atoms with Crippen LogP contribution >= 0.6 is 24.0 Å². The molecule has 0 aromatic heterocycles. The lowest BCUT2D eigenvalue weighted by Crippen LogP contribution is -2.44. The molecule has 1 atom stereocenters. The fourth-order valence-corrected chi connectivity index (χ4v) is 4.54. The van der Waals surface area contributed by atoms with E-state index in [0.717, 1.165) is 17.7 Å². The van der Waals surface area contributed by atoms with Crippen molar-refractivity contribution >= 4 is 40.0 Å². The van der Waals surface area contributed by atoms with E-state index in [2.05, 4.69) is 15.6 Å². The Balaban J connectivity index is 0.00000420. The van der Waals surface area contributed by atoms with E-state index in [1.807, 2.05) is 38.1 Å². The summed E-state index contributed by atoms with van der Waals surface area (Å²) in [5, 5.41) is 6.49. The molecule has 166 valence electrons. The number of benzene rings is 1. The summed E-state index contributed by atoms with van der Waals surface area (Å²) in [4.78, 5) is 4.62. The van der Waals surface area contributed by atoms with E-state index < -0.39 is 10.0 Å². The standard InChI is InChI=1S/C19H32N4O4S.HI/c1-4-20-19(22-16(2)14-26-3)21-13-17-7-5-6-8-18(17)15-28(24,25)23-9-11-27-12-10-23;/h5-8,16H,4,9-15H2,1-3H3,(H2,20,21,22);1H. The predicted octanol–water partition coefficient (Wildman–Crippen LogP) is 1.56. The van der Waals surface area contributed by atoms with Gasteiger partial charge in [-0.2, -0.15) is 4.31 Å². The van der Waals surface area contributed by atoms with Crippen molar-refractivity contribution in [1.82, 2.24) is 14.9 Å². The number of nitrogens with zero attached hydrogens (tertiary/aromatic N) is 2. The van der Waals surface area contributed by atoms with Crippen molar-refractivity contribution in [3.8, 4) is 0 Å². The summed E-state index contributed by atoms with van der Waals surface area (Å²) in [6.45, 7) is 7.43. The van der Waals surface area contributed by atoms with Crippen molar-refractivity contribution < 1.29 is 17.9 Å². The van der Waals surface area contributed by atoms with E-state index in [-0.39, 0.29) is 35.8 Å². The Bertz CT molecular complexity index is 739. The van der Waals surface area contributed by atoms with Crippen LogP contribution in [-0.2, 0) is 31.8 Å². The second kappa shape index (κ2) is 13.4. The Labute approximate surface area is 191 Å². The highest BCUT2D eigenvalue weighted by Crippen LogP contribution is 2.17. The van der Waals surface area contributed by atoms with Crippen LogP contribution in [0.5, 0.6) is 0 Å². The number of halogens is 1. The number of hydrogen-bond donors (Lipinski definition) is 2. The molecular formula is C19H33IN4O4S. The zero-order valence-corrected chi connectivity index (χ0v) is 20.5. The van der Waals surface area contributed by atoms with Crippen LogP contribution in [0.1, 0.15) is 25.0 Å². The minimum absolute atomic E-state index is 0. The van der Waals surface area contributed by atoms with Gasteiger partial charge in [0.2, 0.25) is 10.0 Å². The molecule has 1 aromatic rings. The number of nitrogens with one attached hydrogen (secondary N) is 2. The highest BCUT2D eigenvalue weighted by atomic mass is 127. The van der Waals surface area contributed by atoms with Gasteiger partial charge in [0.25, 0.3) is 0 Å². The lowest BCUT2D eigenvalue weighted by molar-refractivity contribution is 0.0729. The zero-order chi connectivity index (χ0) is 20.4. The molecule has 2 rings (SSSR count). The second-order valence-electron chi connectivity index (χ2n) is 6.73. The van der Waals surface area contributed by atoms with Gasteiger partial charge in [-0.1, -0.05) is 24.3 Å². The third-order valence-electron chi connectivity index (χ3n) is 4.37. The molecule has 0 aliphatic carbocycles. The third-order valence-corrected chi connectivity index (χ3v) is 6.20. The van der Waals surface area contributed by atoms with Crippen LogP contribution in [0.4, 0.5) is 0 Å². The maximum atomic E-state index is 12.8. The number of methoxy groups -OCH3 is 1. The minimum Gasteiger partial charge on any atom is -0.383 e. The first-order chi connectivity index (χ1) is 13.5. The van der Waals surface area contributed by atoms with Gasteiger partial charge in [-0.05, 0) is 25.0 Å². The molecule has 0 spiro atoms. The largest absolute Gasteiger partial charge is 0.383 e. The third kappa shape index (κ3) is 8.75. The van der Waals surface area contributed by atoms with Gasteiger partial charge in [0.1, 0.15) is 0 Å². The Morgan fingerprint density at radius 1 is 1.28 bits per heavy atom. The number of guanidine groups is 1. The van der Waals surface area contributed by atoms with Gasteiger partial charge >= 0.3 is 0 Å². The van der Waals surface area contributed by atoms with Gasteiger partial charge in [-0.3, -0.25) is 0 Å². The molecule has 1 unspecified atom stereocenters. The molecule has 29 heavy (non-hydrogen) atoms. The van der Waals surface area contributed by atoms with E-state index in [4.69, 9.17) is 9.47 Å². The Morgan fingerprint density at radius 3 is 2.55 bits per heavy atom. The van der Waals surface area contributed by atoms with Crippen molar-refractivity contribution in [2.24, 2.45) is 4.99 Å². The average molecular weight is 540 g/mol. The van der Waals surface area contributed by atoms with Crippen molar-refractivity contribution in [1.29, 1.82) is 0 Å². The van der Waals surface area contributed by atoms with E-state index in [1.54, 1.807) is 7.11 Å². The molecule has 1 aliphatic heterocycles. The number of ether oxygens (including phenoxy) is 2. The molecular weight excluding hydrogens is 507 g/mol. The molecule has 2 N–H and O–H groups in total. The van der Waals surface area contributed by atoms with Crippen LogP contribution in [0.25, 0.3) is 0 Å². The quantitative estimate of drug-likeness (QED) is 0.281. The van der Waals surface area contributed by atoms with Crippen LogP contribution in [0.2, 0.25) is 0 Å². The molecule has 8 nitrogen and oxygen atoms in total.